The number of aryl methyl sites for hydroxylation is 1. The van der Waals surface area contributed by atoms with Crippen LogP contribution in [0.1, 0.15) is 12.5 Å². The number of benzene rings is 1. The summed E-state index contributed by atoms with van der Waals surface area (Å²) in [6.45, 7) is 3.27. The number of carboxylic acid groups (broad SMARTS) is 1. The molecule has 0 bridgehead atoms. The van der Waals surface area contributed by atoms with Gasteiger partial charge in [0.1, 0.15) is 5.75 Å². The topological polar surface area (TPSA) is 72.5 Å². The summed E-state index contributed by atoms with van der Waals surface area (Å²) < 4.78 is 6.09. The summed E-state index contributed by atoms with van der Waals surface area (Å²) >= 11 is 3.29. The van der Waals surface area contributed by atoms with Crippen molar-refractivity contribution < 1.29 is 14.6 Å². The number of nitrogen functional groups attached to an aromatic ring is 1. The van der Waals surface area contributed by atoms with Crippen molar-refractivity contribution in [3.05, 3.63) is 22.2 Å². The predicted octanol–water partition coefficient (Wildman–Crippen LogP) is 2.19. The number of carboxylic acids is 1. The third-order valence-corrected chi connectivity index (χ3v) is 2.37. The molecular weight excluding hydrogens is 262 g/mol. The largest absolute Gasteiger partial charge is 0.479 e. The van der Waals surface area contributed by atoms with Crippen LogP contribution >= 0.6 is 15.9 Å². The summed E-state index contributed by atoms with van der Waals surface area (Å²) in [4.78, 5) is 10.6. The van der Waals surface area contributed by atoms with E-state index in [2.05, 4.69) is 15.9 Å². The molecule has 0 radical (unpaired) electrons. The SMILES string of the molecule is Cc1cc(Br)cc(N)c1OC(C)C(=O)O. The Morgan fingerprint density at radius 3 is 2.67 bits per heavy atom. The fraction of sp³-hybridized carbons (Fsp3) is 0.300. The lowest BCUT2D eigenvalue weighted by molar-refractivity contribution is -0.144. The normalized spacial score (nSPS) is 12.2. The summed E-state index contributed by atoms with van der Waals surface area (Å²) in [7, 11) is 0. The minimum Gasteiger partial charge on any atom is -0.479 e. The van der Waals surface area contributed by atoms with E-state index in [0.717, 1.165) is 10.0 Å². The van der Waals surface area contributed by atoms with Crippen molar-refractivity contribution in [3.63, 3.8) is 0 Å². The lowest BCUT2D eigenvalue weighted by Gasteiger charge is -2.15. The van der Waals surface area contributed by atoms with Crippen molar-refractivity contribution >= 4 is 27.6 Å². The number of hydrogen-bond acceptors (Lipinski definition) is 3. The van der Waals surface area contributed by atoms with Crippen molar-refractivity contribution in [1.29, 1.82) is 0 Å². The quantitative estimate of drug-likeness (QED) is 0.829. The van der Waals surface area contributed by atoms with E-state index in [1.54, 1.807) is 6.07 Å². The van der Waals surface area contributed by atoms with Gasteiger partial charge in [-0.05, 0) is 31.5 Å². The molecule has 0 saturated heterocycles. The van der Waals surface area contributed by atoms with Crippen LogP contribution in [0.4, 0.5) is 5.69 Å². The van der Waals surface area contributed by atoms with Crippen LogP contribution in [0, 0.1) is 6.92 Å². The molecule has 0 aromatic heterocycles. The van der Waals surface area contributed by atoms with E-state index in [1.807, 2.05) is 13.0 Å². The highest BCUT2D eigenvalue weighted by Gasteiger charge is 2.15. The number of aliphatic carboxylic acids is 1. The first-order valence-electron chi connectivity index (χ1n) is 4.37. The summed E-state index contributed by atoms with van der Waals surface area (Å²) in [6.07, 6.45) is -0.910. The molecular formula is C10H12BrNO3. The standard InChI is InChI=1S/C10H12BrNO3/c1-5-3-7(11)4-8(12)9(5)15-6(2)10(13)14/h3-4,6H,12H2,1-2H3,(H,13,14). The Labute approximate surface area is 96.2 Å². The van der Waals surface area contributed by atoms with Crippen LogP contribution in [0.25, 0.3) is 0 Å². The van der Waals surface area contributed by atoms with Crippen LogP contribution < -0.4 is 10.5 Å². The molecule has 1 rings (SSSR count). The van der Waals surface area contributed by atoms with Crippen LogP contribution in [0.5, 0.6) is 5.75 Å². The van der Waals surface area contributed by atoms with E-state index < -0.39 is 12.1 Å². The number of nitrogens with two attached hydrogens (primary N) is 1. The van der Waals surface area contributed by atoms with E-state index in [0.29, 0.717) is 11.4 Å². The predicted molar refractivity (Wildman–Crippen MR) is 61.0 cm³/mol. The van der Waals surface area contributed by atoms with Gasteiger partial charge < -0.3 is 15.6 Å². The maximum atomic E-state index is 10.6. The van der Waals surface area contributed by atoms with Crippen LogP contribution in [-0.4, -0.2) is 17.2 Å². The zero-order valence-electron chi connectivity index (χ0n) is 8.45. The number of ether oxygens (including phenoxy) is 1. The number of halogens is 1. The first-order valence-corrected chi connectivity index (χ1v) is 5.16. The molecule has 4 nitrogen and oxygen atoms in total. The molecule has 0 heterocycles. The zero-order valence-corrected chi connectivity index (χ0v) is 10.0. The van der Waals surface area contributed by atoms with Gasteiger partial charge in [-0.25, -0.2) is 4.79 Å². The van der Waals surface area contributed by atoms with Gasteiger partial charge in [0.05, 0.1) is 5.69 Å². The highest BCUT2D eigenvalue weighted by molar-refractivity contribution is 9.10. The molecule has 0 spiro atoms. The second-order valence-electron chi connectivity index (χ2n) is 3.24. The molecule has 0 aliphatic rings. The molecule has 5 heteroatoms. The van der Waals surface area contributed by atoms with E-state index in [1.165, 1.54) is 6.92 Å². The Kier molecular flexibility index (Phi) is 3.57. The average Bonchev–Trinajstić information content (AvgIpc) is 2.10. The zero-order chi connectivity index (χ0) is 11.6. The molecule has 0 aliphatic heterocycles. The molecule has 1 aromatic carbocycles. The van der Waals surface area contributed by atoms with Crippen molar-refractivity contribution in [1.82, 2.24) is 0 Å². The maximum absolute atomic E-state index is 10.6. The summed E-state index contributed by atoms with van der Waals surface area (Å²) in [6, 6.07) is 3.50. The maximum Gasteiger partial charge on any atom is 0.344 e. The first kappa shape index (κ1) is 11.8. The number of rotatable bonds is 3. The third-order valence-electron chi connectivity index (χ3n) is 1.91. The second-order valence-corrected chi connectivity index (χ2v) is 4.16. The Morgan fingerprint density at radius 2 is 2.20 bits per heavy atom. The van der Waals surface area contributed by atoms with E-state index in [4.69, 9.17) is 15.6 Å². The van der Waals surface area contributed by atoms with Gasteiger partial charge in [0, 0.05) is 4.47 Å². The molecule has 0 amide bonds. The fourth-order valence-electron chi connectivity index (χ4n) is 1.14. The molecule has 1 aromatic rings. The van der Waals surface area contributed by atoms with Crippen molar-refractivity contribution in [3.8, 4) is 5.75 Å². The van der Waals surface area contributed by atoms with Gasteiger partial charge >= 0.3 is 5.97 Å². The van der Waals surface area contributed by atoms with Gasteiger partial charge in [-0.1, -0.05) is 15.9 Å². The molecule has 3 N–H and O–H groups in total. The van der Waals surface area contributed by atoms with Gasteiger partial charge in [0.25, 0.3) is 0 Å². The summed E-state index contributed by atoms with van der Waals surface area (Å²) in [5, 5.41) is 8.70. The molecule has 82 valence electrons. The molecule has 0 saturated carbocycles. The molecule has 0 fully saturated rings. The molecule has 1 atom stereocenters. The first-order chi connectivity index (χ1) is 6.91. The Morgan fingerprint density at radius 1 is 1.60 bits per heavy atom. The van der Waals surface area contributed by atoms with Crippen LogP contribution in [0.3, 0.4) is 0 Å². The van der Waals surface area contributed by atoms with E-state index in [9.17, 15) is 4.79 Å². The number of carbonyl (C=O) groups is 1. The van der Waals surface area contributed by atoms with Gasteiger partial charge in [-0.15, -0.1) is 0 Å². The van der Waals surface area contributed by atoms with E-state index in [-0.39, 0.29) is 0 Å². The average molecular weight is 274 g/mol. The smallest absolute Gasteiger partial charge is 0.344 e. The van der Waals surface area contributed by atoms with Crippen molar-refractivity contribution in [2.24, 2.45) is 0 Å². The van der Waals surface area contributed by atoms with Gasteiger partial charge in [-0.3, -0.25) is 0 Å². The third kappa shape index (κ3) is 2.86. The molecule has 0 aliphatic carbocycles. The number of hydrogen-bond donors (Lipinski definition) is 2. The van der Waals surface area contributed by atoms with Crippen LogP contribution in [-0.2, 0) is 4.79 Å². The van der Waals surface area contributed by atoms with Crippen molar-refractivity contribution in [2.45, 2.75) is 20.0 Å². The summed E-state index contributed by atoms with van der Waals surface area (Å²) in [5.74, 6) is -0.593. The van der Waals surface area contributed by atoms with Crippen LogP contribution in [0.15, 0.2) is 16.6 Å². The minimum absolute atomic E-state index is 0.424. The fourth-order valence-corrected chi connectivity index (χ4v) is 1.73. The molecule has 1 unspecified atom stereocenters. The van der Waals surface area contributed by atoms with E-state index >= 15 is 0 Å². The van der Waals surface area contributed by atoms with Crippen molar-refractivity contribution in [2.75, 3.05) is 5.73 Å². The lowest BCUT2D eigenvalue weighted by atomic mass is 10.2. The Balaban J connectivity index is 3.00. The summed E-state index contributed by atoms with van der Waals surface area (Å²) in [5.41, 5.74) is 6.95. The lowest BCUT2D eigenvalue weighted by Crippen LogP contribution is -2.23. The highest BCUT2D eigenvalue weighted by Crippen LogP contribution is 2.30. The monoisotopic (exact) mass is 273 g/mol. The minimum atomic E-state index is -1.02. The Bertz CT molecular complexity index is 369. The Hall–Kier alpha value is -1.23. The van der Waals surface area contributed by atoms with Crippen LogP contribution in [0.2, 0.25) is 0 Å². The van der Waals surface area contributed by atoms with Gasteiger partial charge in [0.2, 0.25) is 0 Å². The number of anilines is 1. The van der Waals surface area contributed by atoms with Gasteiger partial charge in [-0.2, -0.15) is 0 Å². The molecule has 15 heavy (non-hydrogen) atoms. The second kappa shape index (κ2) is 4.53. The van der Waals surface area contributed by atoms with Gasteiger partial charge in [0.15, 0.2) is 6.10 Å². The highest BCUT2D eigenvalue weighted by atomic mass is 79.9.